The quantitative estimate of drug-likeness (QED) is 0.767. The lowest BCUT2D eigenvalue weighted by molar-refractivity contribution is 0.172. The summed E-state index contributed by atoms with van der Waals surface area (Å²) < 4.78 is 0. The molecule has 0 aliphatic heterocycles. The van der Waals surface area contributed by atoms with Gasteiger partial charge in [0.15, 0.2) is 0 Å². The number of hydrogen-bond donors (Lipinski definition) is 2. The first-order chi connectivity index (χ1) is 6.09. The van der Waals surface area contributed by atoms with Crippen LogP contribution < -0.4 is 5.73 Å². The average Bonchev–Trinajstić information content (AvgIpc) is 2.02. The van der Waals surface area contributed by atoms with Crippen LogP contribution in [0.2, 0.25) is 10.0 Å². The summed E-state index contributed by atoms with van der Waals surface area (Å²) in [7, 11) is 0. The van der Waals surface area contributed by atoms with Crippen LogP contribution in [0.25, 0.3) is 0 Å². The van der Waals surface area contributed by atoms with Gasteiger partial charge < -0.3 is 10.8 Å². The van der Waals surface area contributed by atoms with Crippen molar-refractivity contribution in [1.29, 1.82) is 0 Å². The van der Waals surface area contributed by atoms with Gasteiger partial charge in [0.1, 0.15) is 6.23 Å². The predicted octanol–water partition coefficient (Wildman–Crippen LogP) is 2.20. The van der Waals surface area contributed by atoms with E-state index >= 15 is 0 Å². The first kappa shape index (κ1) is 10.8. The summed E-state index contributed by atoms with van der Waals surface area (Å²) in [6.45, 7) is 0. The van der Waals surface area contributed by atoms with Crippen molar-refractivity contribution in [3.8, 4) is 0 Å². The number of rotatable bonds is 3. The van der Waals surface area contributed by atoms with Crippen LogP contribution in [0.3, 0.4) is 0 Å². The van der Waals surface area contributed by atoms with Gasteiger partial charge in [0.2, 0.25) is 0 Å². The highest BCUT2D eigenvalue weighted by atomic mass is 35.5. The van der Waals surface area contributed by atoms with E-state index in [4.69, 9.17) is 34.0 Å². The highest BCUT2D eigenvalue weighted by molar-refractivity contribution is 6.35. The minimum Gasteiger partial charge on any atom is -0.379 e. The second-order valence-corrected chi connectivity index (χ2v) is 3.69. The molecule has 0 aliphatic rings. The topological polar surface area (TPSA) is 46.2 Å². The maximum absolute atomic E-state index is 8.87. The fourth-order valence-corrected chi connectivity index (χ4v) is 1.53. The molecule has 0 aliphatic carbocycles. The Morgan fingerprint density at radius 2 is 2.08 bits per heavy atom. The molecule has 1 unspecified atom stereocenters. The molecule has 1 atom stereocenters. The zero-order valence-electron chi connectivity index (χ0n) is 7.00. The molecule has 1 aromatic rings. The van der Waals surface area contributed by atoms with Crippen molar-refractivity contribution in [1.82, 2.24) is 0 Å². The van der Waals surface area contributed by atoms with Crippen LogP contribution in [0.1, 0.15) is 12.0 Å². The Labute approximate surface area is 87.3 Å². The summed E-state index contributed by atoms with van der Waals surface area (Å²) in [4.78, 5) is 0. The maximum Gasteiger partial charge on any atom is 0.102 e. The van der Waals surface area contributed by atoms with Crippen LogP contribution in [0.5, 0.6) is 0 Å². The third kappa shape index (κ3) is 3.53. The zero-order valence-corrected chi connectivity index (χ0v) is 8.52. The smallest absolute Gasteiger partial charge is 0.102 e. The molecule has 0 bridgehead atoms. The fraction of sp³-hybridized carbons (Fsp3) is 0.333. The molecule has 0 radical (unpaired) electrons. The molecule has 1 rings (SSSR count). The predicted molar refractivity (Wildman–Crippen MR) is 55.0 cm³/mol. The van der Waals surface area contributed by atoms with Gasteiger partial charge >= 0.3 is 0 Å². The number of halogens is 2. The first-order valence-corrected chi connectivity index (χ1v) is 4.73. The summed E-state index contributed by atoms with van der Waals surface area (Å²) >= 11 is 11.6. The van der Waals surface area contributed by atoms with Crippen LogP contribution in [0.4, 0.5) is 0 Å². The number of aliphatic hydroxyl groups excluding tert-OH is 1. The molecule has 4 heteroatoms. The van der Waals surface area contributed by atoms with E-state index < -0.39 is 6.23 Å². The van der Waals surface area contributed by atoms with Gasteiger partial charge in [-0.15, -0.1) is 0 Å². The highest BCUT2D eigenvalue weighted by Gasteiger charge is 2.03. The molecule has 0 saturated heterocycles. The van der Waals surface area contributed by atoms with Crippen LogP contribution in [-0.2, 0) is 6.42 Å². The molecular weight excluding hydrogens is 209 g/mol. The number of aliphatic hydroxyl groups is 1. The molecule has 0 aromatic heterocycles. The Morgan fingerprint density at radius 3 is 2.62 bits per heavy atom. The van der Waals surface area contributed by atoms with Gasteiger partial charge in [-0.25, -0.2) is 0 Å². The van der Waals surface area contributed by atoms with Crippen molar-refractivity contribution in [3.63, 3.8) is 0 Å². The molecule has 1 aromatic carbocycles. The maximum atomic E-state index is 8.87. The minimum atomic E-state index is -0.785. The van der Waals surface area contributed by atoms with Gasteiger partial charge in [0, 0.05) is 10.0 Å². The second-order valence-electron chi connectivity index (χ2n) is 2.84. The zero-order chi connectivity index (χ0) is 9.84. The number of benzene rings is 1. The van der Waals surface area contributed by atoms with Gasteiger partial charge in [-0.2, -0.15) is 0 Å². The van der Waals surface area contributed by atoms with E-state index in [9.17, 15) is 0 Å². The number of hydrogen-bond acceptors (Lipinski definition) is 2. The van der Waals surface area contributed by atoms with Crippen molar-refractivity contribution in [3.05, 3.63) is 33.8 Å². The molecule has 13 heavy (non-hydrogen) atoms. The molecule has 3 N–H and O–H groups in total. The standard InChI is InChI=1S/C9H11Cl2NO/c10-7-3-1-6(8(11)5-7)2-4-9(12)13/h1,3,5,9,13H,2,4,12H2. The third-order valence-corrected chi connectivity index (χ3v) is 2.31. The van der Waals surface area contributed by atoms with E-state index in [0.29, 0.717) is 22.9 Å². The normalized spacial score (nSPS) is 12.9. The second kappa shape index (κ2) is 4.82. The number of aryl methyl sites for hydroxylation is 1. The Kier molecular flexibility index (Phi) is 4.00. The summed E-state index contributed by atoms with van der Waals surface area (Å²) in [6, 6.07) is 5.29. The molecule has 0 fully saturated rings. The van der Waals surface area contributed by atoms with Crippen LogP contribution in [0.15, 0.2) is 18.2 Å². The van der Waals surface area contributed by atoms with Gasteiger partial charge in [0.25, 0.3) is 0 Å². The van der Waals surface area contributed by atoms with Gasteiger partial charge in [-0.05, 0) is 30.5 Å². The SMILES string of the molecule is NC(O)CCc1ccc(Cl)cc1Cl. The largest absolute Gasteiger partial charge is 0.379 e. The van der Waals surface area contributed by atoms with Crippen LogP contribution >= 0.6 is 23.2 Å². The molecule has 72 valence electrons. The number of nitrogens with two attached hydrogens (primary N) is 1. The van der Waals surface area contributed by atoms with Gasteiger partial charge in [-0.1, -0.05) is 29.3 Å². The lowest BCUT2D eigenvalue weighted by atomic mass is 10.1. The summed E-state index contributed by atoms with van der Waals surface area (Å²) in [6.07, 6.45) is 0.376. The highest BCUT2D eigenvalue weighted by Crippen LogP contribution is 2.22. The van der Waals surface area contributed by atoms with Crippen molar-refractivity contribution >= 4 is 23.2 Å². The van der Waals surface area contributed by atoms with E-state index in [0.717, 1.165) is 5.56 Å². The van der Waals surface area contributed by atoms with Gasteiger partial charge in [-0.3, -0.25) is 0 Å². The third-order valence-electron chi connectivity index (χ3n) is 1.72. The lowest BCUT2D eigenvalue weighted by Crippen LogP contribution is -2.19. The van der Waals surface area contributed by atoms with Crippen LogP contribution in [0, 0.1) is 0 Å². The average molecular weight is 220 g/mol. The molecule has 0 amide bonds. The molecule has 2 nitrogen and oxygen atoms in total. The van der Waals surface area contributed by atoms with E-state index in [1.807, 2.05) is 6.07 Å². The van der Waals surface area contributed by atoms with Gasteiger partial charge in [0.05, 0.1) is 0 Å². The van der Waals surface area contributed by atoms with E-state index in [1.54, 1.807) is 12.1 Å². The van der Waals surface area contributed by atoms with Crippen molar-refractivity contribution in [2.75, 3.05) is 0 Å². The van der Waals surface area contributed by atoms with E-state index in [2.05, 4.69) is 0 Å². The molecule has 0 spiro atoms. The Hall–Kier alpha value is -0.280. The van der Waals surface area contributed by atoms with Crippen LogP contribution in [-0.4, -0.2) is 11.3 Å². The van der Waals surface area contributed by atoms with E-state index in [1.165, 1.54) is 0 Å². The van der Waals surface area contributed by atoms with E-state index in [-0.39, 0.29) is 0 Å². The lowest BCUT2D eigenvalue weighted by Gasteiger charge is -2.06. The van der Waals surface area contributed by atoms with Crippen molar-refractivity contribution < 1.29 is 5.11 Å². The Bertz CT molecular complexity index is 289. The molecule has 0 saturated carbocycles. The monoisotopic (exact) mass is 219 g/mol. The van der Waals surface area contributed by atoms with Crippen molar-refractivity contribution in [2.24, 2.45) is 5.73 Å². The first-order valence-electron chi connectivity index (χ1n) is 3.97. The molecule has 0 heterocycles. The Morgan fingerprint density at radius 1 is 1.38 bits per heavy atom. The minimum absolute atomic E-state index is 0.501. The van der Waals surface area contributed by atoms with Crippen molar-refractivity contribution in [2.45, 2.75) is 19.1 Å². The fourth-order valence-electron chi connectivity index (χ4n) is 1.03. The molecular formula is C9H11Cl2NO. The summed E-state index contributed by atoms with van der Waals surface area (Å²) in [5.41, 5.74) is 6.16. The Balaban J connectivity index is 2.67. The summed E-state index contributed by atoms with van der Waals surface area (Å²) in [5, 5.41) is 10.1. The summed E-state index contributed by atoms with van der Waals surface area (Å²) in [5.74, 6) is 0.